The second-order valence-electron chi connectivity index (χ2n) is 6.12. The fourth-order valence-electron chi connectivity index (χ4n) is 2.44. The smallest absolute Gasteiger partial charge is 0.0865 e. The van der Waals surface area contributed by atoms with Crippen LogP contribution in [0.25, 0.3) is 0 Å². The van der Waals surface area contributed by atoms with Crippen molar-refractivity contribution < 1.29 is 5.11 Å². The van der Waals surface area contributed by atoms with Crippen LogP contribution in [0.1, 0.15) is 64.5 Å². The molecule has 1 rings (SSSR count). The Bertz CT molecular complexity index is 379. The van der Waals surface area contributed by atoms with Gasteiger partial charge in [0.05, 0.1) is 5.60 Å². The Kier molecular flexibility index (Phi) is 6.31. The van der Waals surface area contributed by atoms with Gasteiger partial charge < -0.3 is 5.11 Å². The molecule has 0 amide bonds. The highest BCUT2D eigenvalue weighted by Gasteiger charge is 2.22. The summed E-state index contributed by atoms with van der Waals surface area (Å²) < 4.78 is 0.684. The summed E-state index contributed by atoms with van der Waals surface area (Å²) in [5.41, 5.74) is 1.71. The summed E-state index contributed by atoms with van der Waals surface area (Å²) in [6, 6.07) is 8.57. The first kappa shape index (κ1) is 17.0. The summed E-state index contributed by atoms with van der Waals surface area (Å²) in [6.07, 6.45) is 1.95. The van der Waals surface area contributed by atoms with Crippen molar-refractivity contribution in [3.8, 4) is 0 Å². The Hall–Kier alpha value is -0.0900. The van der Waals surface area contributed by atoms with Crippen LogP contribution in [0.3, 0.4) is 0 Å². The molecule has 0 bridgehead atoms. The molecule has 0 spiro atoms. The minimum Gasteiger partial charge on any atom is -0.385 e. The Labute approximate surface area is 132 Å². The molecule has 1 aromatic rings. The number of halogens is 1. The summed E-state index contributed by atoms with van der Waals surface area (Å²) in [5.74, 6) is 1.25. The molecule has 0 fully saturated rings. The predicted octanol–water partition coefficient (Wildman–Crippen LogP) is 5.26. The summed E-state index contributed by atoms with van der Waals surface area (Å²) in [5, 5.41) is 10.3. The number of hydrogen-bond donors (Lipinski definition) is 1. The minimum absolute atomic E-state index is 0.604. The van der Waals surface area contributed by atoms with E-state index in [9.17, 15) is 5.11 Å². The topological polar surface area (TPSA) is 20.2 Å². The lowest BCUT2D eigenvalue weighted by Crippen LogP contribution is -2.19. The molecule has 0 aromatic heterocycles. The van der Waals surface area contributed by atoms with Gasteiger partial charge in [0.25, 0.3) is 0 Å². The van der Waals surface area contributed by atoms with Gasteiger partial charge in [0.2, 0.25) is 0 Å². The van der Waals surface area contributed by atoms with E-state index in [1.54, 1.807) is 0 Å². The largest absolute Gasteiger partial charge is 0.385 e. The third kappa shape index (κ3) is 4.75. The molecule has 1 nitrogen and oxygen atoms in total. The average Bonchev–Trinajstić information content (AvgIpc) is 2.35. The van der Waals surface area contributed by atoms with Gasteiger partial charge in [0.1, 0.15) is 0 Å². The summed E-state index contributed by atoms with van der Waals surface area (Å²) in [6.45, 7) is 10.8. The monoisotopic (exact) mass is 374 g/mol. The van der Waals surface area contributed by atoms with Crippen LogP contribution in [0.2, 0.25) is 0 Å². The zero-order chi connectivity index (χ0) is 14.6. The van der Waals surface area contributed by atoms with Crippen LogP contribution in [0.4, 0.5) is 0 Å². The lowest BCUT2D eigenvalue weighted by Gasteiger charge is -2.25. The third-order valence-corrected chi connectivity index (χ3v) is 4.54. The van der Waals surface area contributed by atoms with Crippen molar-refractivity contribution in [3.63, 3.8) is 0 Å². The molecule has 2 heteroatoms. The maximum atomic E-state index is 10.3. The van der Waals surface area contributed by atoms with Gasteiger partial charge in [0, 0.05) is 3.92 Å². The van der Waals surface area contributed by atoms with Crippen molar-refractivity contribution in [2.45, 2.75) is 62.9 Å². The average molecular weight is 374 g/mol. The molecular weight excluding hydrogens is 347 g/mol. The lowest BCUT2D eigenvalue weighted by molar-refractivity contribution is 0.0530. The zero-order valence-corrected chi connectivity index (χ0v) is 14.9. The first-order valence-electron chi connectivity index (χ1n) is 7.24. The number of aliphatic hydroxyl groups is 1. The van der Waals surface area contributed by atoms with E-state index < -0.39 is 5.60 Å². The summed E-state index contributed by atoms with van der Waals surface area (Å²) in [4.78, 5) is 0. The molecule has 3 atom stereocenters. The first-order valence-corrected chi connectivity index (χ1v) is 8.49. The summed E-state index contributed by atoms with van der Waals surface area (Å²) in [7, 11) is 0. The molecule has 1 N–H and O–H groups in total. The number of hydrogen-bond acceptors (Lipinski definition) is 1. The van der Waals surface area contributed by atoms with Gasteiger partial charge in [-0.15, -0.1) is 0 Å². The van der Waals surface area contributed by atoms with Crippen LogP contribution >= 0.6 is 22.6 Å². The van der Waals surface area contributed by atoms with Gasteiger partial charge in [-0.25, -0.2) is 0 Å². The van der Waals surface area contributed by atoms with E-state index >= 15 is 0 Å². The van der Waals surface area contributed by atoms with Gasteiger partial charge in [-0.2, -0.15) is 0 Å². The highest BCUT2D eigenvalue weighted by atomic mass is 127. The van der Waals surface area contributed by atoms with E-state index in [1.807, 2.05) is 13.8 Å². The van der Waals surface area contributed by atoms with Crippen LogP contribution in [0, 0.1) is 5.92 Å². The van der Waals surface area contributed by atoms with E-state index in [4.69, 9.17) is 0 Å². The van der Waals surface area contributed by atoms with E-state index in [1.165, 1.54) is 12.0 Å². The maximum Gasteiger partial charge on any atom is 0.0865 e. The Morgan fingerprint density at radius 1 is 1.16 bits per heavy atom. The second kappa shape index (κ2) is 7.07. The van der Waals surface area contributed by atoms with Gasteiger partial charge in [-0.05, 0) is 42.7 Å². The van der Waals surface area contributed by atoms with Gasteiger partial charge in [-0.3, -0.25) is 0 Å². The molecule has 0 aliphatic rings. The summed E-state index contributed by atoms with van der Waals surface area (Å²) >= 11 is 2.50. The molecule has 0 aliphatic carbocycles. The molecule has 0 saturated carbocycles. The minimum atomic E-state index is -0.706. The van der Waals surface area contributed by atoms with Crippen molar-refractivity contribution in [1.82, 2.24) is 0 Å². The van der Waals surface area contributed by atoms with Gasteiger partial charge in [0.15, 0.2) is 0 Å². The molecule has 0 aliphatic heterocycles. The Morgan fingerprint density at radius 3 is 2.05 bits per heavy atom. The highest BCUT2D eigenvalue weighted by molar-refractivity contribution is 14.1. The van der Waals surface area contributed by atoms with Gasteiger partial charge >= 0.3 is 0 Å². The number of alkyl halides is 1. The van der Waals surface area contributed by atoms with E-state index in [0.717, 1.165) is 12.0 Å². The van der Waals surface area contributed by atoms with Crippen molar-refractivity contribution in [1.29, 1.82) is 0 Å². The van der Waals surface area contributed by atoms with Crippen molar-refractivity contribution in [3.05, 3.63) is 35.4 Å². The Morgan fingerprint density at radius 2 is 1.68 bits per heavy atom. The van der Waals surface area contributed by atoms with E-state index in [0.29, 0.717) is 15.8 Å². The van der Waals surface area contributed by atoms with Crippen molar-refractivity contribution in [2.24, 2.45) is 5.92 Å². The predicted molar refractivity (Wildman–Crippen MR) is 92.0 cm³/mol. The van der Waals surface area contributed by atoms with Crippen LogP contribution in [0.5, 0.6) is 0 Å². The van der Waals surface area contributed by atoms with E-state index in [2.05, 4.69) is 67.6 Å². The third-order valence-electron chi connectivity index (χ3n) is 4.03. The normalized spacial score (nSPS) is 18.1. The van der Waals surface area contributed by atoms with Crippen LogP contribution < -0.4 is 0 Å². The zero-order valence-electron chi connectivity index (χ0n) is 12.8. The van der Waals surface area contributed by atoms with Crippen LogP contribution in [0.15, 0.2) is 24.3 Å². The molecular formula is C17H27IO. The van der Waals surface area contributed by atoms with Crippen molar-refractivity contribution >= 4 is 22.6 Å². The molecule has 0 heterocycles. The van der Waals surface area contributed by atoms with Crippen LogP contribution in [-0.2, 0) is 5.60 Å². The maximum absolute atomic E-state index is 10.3. The van der Waals surface area contributed by atoms with Gasteiger partial charge in [-0.1, -0.05) is 74.6 Å². The first-order chi connectivity index (χ1) is 8.77. The quantitative estimate of drug-likeness (QED) is 0.532. The fourth-order valence-corrected chi connectivity index (χ4v) is 2.98. The van der Waals surface area contributed by atoms with E-state index in [-0.39, 0.29) is 0 Å². The molecule has 19 heavy (non-hydrogen) atoms. The molecule has 0 saturated heterocycles. The standard InChI is InChI=1S/C17H27IO/c1-6-17(5,19)15-9-7-14(8-10-15)16(12(2)3)11-13(4)18/h7-10,12-13,16,19H,6,11H2,1-5H3. The lowest BCUT2D eigenvalue weighted by atomic mass is 9.83. The second-order valence-corrected chi connectivity index (χ2v) is 8.24. The number of benzene rings is 1. The molecule has 0 radical (unpaired) electrons. The number of rotatable bonds is 6. The fraction of sp³-hybridized carbons (Fsp3) is 0.647. The van der Waals surface area contributed by atoms with Crippen LogP contribution in [-0.4, -0.2) is 9.03 Å². The molecule has 3 unspecified atom stereocenters. The molecule has 108 valence electrons. The SMILES string of the molecule is CCC(C)(O)c1ccc(C(CC(C)I)C(C)C)cc1. The van der Waals surface area contributed by atoms with Crippen molar-refractivity contribution in [2.75, 3.05) is 0 Å². The molecule has 1 aromatic carbocycles. The highest BCUT2D eigenvalue weighted by Crippen LogP contribution is 2.33. The Balaban J connectivity index is 2.95.